The van der Waals surface area contributed by atoms with E-state index in [1.807, 2.05) is 0 Å². The summed E-state index contributed by atoms with van der Waals surface area (Å²) in [7, 11) is 1.80. The largest absolute Gasteiger partial charge is 0.330 e. The summed E-state index contributed by atoms with van der Waals surface area (Å²) in [6, 6.07) is 0. The fraction of sp³-hybridized carbons (Fsp3) is 0.750. The molecule has 0 saturated carbocycles. The van der Waals surface area contributed by atoms with Crippen molar-refractivity contribution in [3.8, 4) is 0 Å². The predicted octanol–water partition coefficient (Wildman–Crippen LogP) is -1.29. The molecule has 0 aromatic carbocycles. The highest BCUT2D eigenvalue weighted by molar-refractivity contribution is 4.78. The lowest BCUT2D eigenvalue weighted by molar-refractivity contribution is 0.674. The quantitative estimate of drug-likeness (QED) is 0.536. The van der Waals surface area contributed by atoms with Gasteiger partial charge in [0.15, 0.2) is 5.82 Å². The van der Waals surface area contributed by atoms with Crippen LogP contribution in [0.5, 0.6) is 0 Å². The second kappa shape index (κ2) is 2.54. The van der Waals surface area contributed by atoms with Crippen molar-refractivity contribution in [1.29, 1.82) is 0 Å². The minimum atomic E-state index is 0.591. The Morgan fingerprint density at radius 3 is 2.89 bits per heavy atom. The van der Waals surface area contributed by atoms with Crippen molar-refractivity contribution in [2.24, 2.45) is 12.8 Å². The average Bonchev–Trinajstić information content (AvgIpc) is 2.18. The van der Waals surface area contributed by atoms with E-state index in [-0.39, 0.29) is 0 Å². The number of aryl methyl sites for hydroxylation is 1. The van der Waals surface area contributed by atoms with Gasteiger partial charge in [0.1, 0.15) is 0 Å². The highest BCUT2D eigenvalue weighted by atomic mass is 15.5. The van der Waals surface area contributed by atoms with Crippen LogP contribution in [0.15, 0.2) is 0 Å². The molecule has 1 rings (SSSR count). The summed E-state index contributed by atoms with van der Waals surface area (Å²) in [5, 5.41) is 10.8. The molecule has 5 heteroatoms. The minimum absolute atomic E-state index is 0.591. The van der Waals surface area contributed by atoms with Gasteiger partial charge < -0.3 is 5.73 Å². The average molecular weight is 127 g/mol. The molecule has 0 aliphatic carbocycles. The van der Waals surface area contributed by atoms with E-state index in [4.69, 9.17) is 5.73 Å². The fourth-order valence-electron chi connectivity index (χ4n) is 0.589. The predicted molar refractivity (Wildman–Crippen MR) is 31.6 cm³/mol. The van der Waals surface area contributed by atoms with Crippen LogP contribution in [0.2, 0.25) is 0 Å². The van der Waals surface area contributed by atoms with Crippen molar-refractivity contribution in [3.63, 3.8) is 0 Å². The minimum Gasteiger partial charge on any atom is -0.330 e. The maximum absolute atomic E-state index is 5.28. The zero-order valence-corrected chi connectivity index (χ0v) is 5.28. The summed E-state index contributed by atoms with van der Waals surface area (Å²) in [6.45, 7) is 0.591. The molecule has 0 aliphatic rings. The van der Waals surface area contributed by atoms with Crippen molar-refractivity contribution >= 4 is 0 Å². The molecule has 5 nitrogen and oxygen atoms in total. The van der Waals surface area contributed by atoms with Gasteiger partial charge in [-0.25, -0.2) is 4.68 Å². The van der Waals surface area contributed by atoms with Crippen LogP contribution in [0.25, 0.3) is 0 Å². The standard InChI is InChI=1S/C4H9N5/c1-9-4(2-3-5)6-7-8-9/h2-3,5H2,1H3. The Labute approximate surface area is 52.8 Å². The molecule has 0 spiro atoms. The van der Waals surface area contributed by atoms with Gasteiger partial charge in [0.05, 0.1) is 0 Å². The van der Waals surface area contributed by atoms with Crippen LogP contribution in [0.1, 0.15) is 5.82 Å². The van der Waals surface area contributed by atoms with Gasteiger partial charge in [-0.3, -0.25) is 0 Å². The van der Waals surface area contributed by atoms with Crippen LogP contribution in [-0.4, -0.2) is 26.8 Å². The van der Waals surface area contributed by atoms with Gasteiger partial charge in [-0.1, -0.05) is 0 Å². The van der Waals surface area contributed by atoms with Crippen LogP contribution in [0.4, 0.5) is 0 Å². The number of nitrogens with zero attached hydrogens (tertiary/aromatic N) is 4. The first kappa shape index (κ1) is 6.15. The molecule has 0 bridgehead atoms. The SMILES string of the molecule is Cn1nnnc1CCN. The fourth-order valence-corrected chi connectivity index (χ4v) is 0.589. The van der Waals surface area contributed by atoms with Crippen LogP contribution in [0.3, 0.4) is 0 Å². The molecule has 0 aliphatic heterocycles. The van der Waals surface area contributed by atoms with Gasteiger partial charge in [-0.05, 0) is 17.0 Å². The first-order valence-electron chi connectivity index (χ1n) is 2.76. The Bertz CT molecular complexity index is 181. The van der Waals surface area contributed by atoms with Crippen molar-refractivity contribution < 1.29 is 0 Å². The number of nitrogens with two attached hydrogens (primary N) is 1. The molecule has 1 heterocycles. The zero-order chi connectivity index (χ0) is 6.69. The van der Waals surface area contributed by atoms with Crippen LogP contribution in [-0.2, 0) is 13.5 Å². The van der Waals surface area contributed by atoms with E-state index in [0.29, 0.717) is 6.54 Å². The summed E-state index contributed by atoms with van der Waals surface area (Å²) >= 11 is 0. The zero-order valence-electron chi connectivity index (χ0n) is 5.28. The van der Waals surface area contributed by atoms with Gasteiger partial charge in [0.2, 0.25) is 0 Å². The Morgan fingerprint density at radius 2 is 2.44 bits per heavy atom. The smallest absolute Gasteiger partial charge is 0.152 e. The van der Waals surface area contributed by atoms with Crippen LogP contribution in [0, 0.1) is 0 Å². The molecule has 0 saturated heterocycles. The Balaban J connectivity index is 2.69. The van der Waals surface area contributed by atoms with Crippen molar-refractivity contribution in [1.82, 2.24) is 20.2 Å². The van der Waals surface area contributed by atoms with Crippen molar-refractivity contribution in [2.75, 3.05) is 6.54 Å². The van der Waals surface area contributed by atoms with E-state index in [2.05, 4.69) is 15.5 Å². The van der Waals surface area contributed by atoms with E-state index < -0.39 is 0 Å². The normalized spacial score (nSPS) is 10.0. The Morgan fingerprint density at radius 1 is 1.67 bits per heavy atom. The van der Waals surface area contributed by atoms with Crippen molar-refractivity contribution in [3.05, 3.63) is 5.82 Å². The highest BCUT2D eigenvalue weighted by Gasteiger charge is 1.97. The van der Waals surface area contributed by atoms with Crippen molar-refractivity contribution in [2.45, 2.75) is 6.42 Å². The highest BCUT2D eigenvalue weighted by Crippen LogP contribution is 1.85. The maximum Gasteiger partial charge on any atom is 0.152 e. The lowest BCUT2D eigenvalue weighted by Crippen LogP contribution is -2.08. The maximum atomic E-state index is 5.28. The second-order valence-corrected chi connectivity index (χ2v) is 1.76. The molecule has 0 unspecified atom stereocenters. The van der Waals surface area contributed by atoms with Crippen LogP contribution < -0.4 is 5.73 Å². The van der Waals surface area contributed by atoms with E-state index in [0.717, 1.165) is 12.2 Å². The molecular formula is C4H9N5. The van der Waals surface area contributed by atoms with Gasteiger partial charge in [-0.15, -0.1) is 5.10 Å². The van der Waals surface area contributed by atoms with E-state index in [1.54, 1.807) is 11.7 Å². The van der Waals surface area contributed by atoms with E-state index >= 15 is 0 Å². The summed E-state index contributed by atoms with van der Waals surface area (Å²) in [4.78, 5) is 0. The van der Waals surface area contributed by atoms with Gasteiger partial charge >= 0.3 is 0 Å². The monoisotopic (exact) mass is 127 g/mol. The second-order valence-electron chi connectivity index (χ2n) is 1.76. The number of tetrazole rings is 1. The molecule has 0 amide bonds. The first-order chi connectivity index (χ1) is 4.34. The molecule has 50 valence electrons. The molecule has 2 N–H and O–H groups in total. The third kappa shape index (κ3) is 1.23. The van der Waals surface area contributed by atoms with Gasteiger partial charge in [0.25, 0.3) is 0 Å². The number of hydrogen-bond donors (Lipinski definition) is 1. The molecule has 0 atom stereocenters. The topological polar surface area (TPSA) is 69.6 Å². The van der Waals surface area contributed by atoms with Crippen LogP contribution >= 0.6 is 0 Å². The first-order valence-corrected chi connectivity index (χ1v) is 2.76. The molecular weight excluding hydrogens is 118 g/mol. The number of aromatic nitrogens is 4. The summed E-state index contributed by atoms with van der Waals surface area (Å²) in [5.74, 6) is 0.831. The van der Waals surface area contributed by atoms with E-state index in [1.165, 1.54) is 0 Å². The third-order valence-corrected chi connectivity index (χ3v) is 1.08. The lowest BCUT2D eigenvalue weighted by atomic mass is 10.4. The summed E-state index contributed by atoms with van der Waals surface area (Å²) in [5.41, 5.74) is 5.28. The third-order valence-electron chi connectivity index (χ3n) is 1.08. The summed E-state index contributed by atoms with van der Waals surface area (Å²) in [6.07, 6.45) is 0.740. The van der Waals surface area contributed by atoms with Gasteiger partial charge in [0, 0.05) is 13.5 Å². The molecule has 1 aromatic rings. The Hall–Kier alpha value is -0.970. The molecule has 0 fully saturated rings. The number of hydrogen-bond acceptors (Lipinski definition) is 4. The Kier molecular flexibility index (Phi) is 1.74. The van der Waals surface area contributed by atoms with Gasteiger partial charge in [-0.2, -0.15) is 0 Å². The number of rotatable bonds is 2. The molecule has 9 heavy (non-hydrogen) atoms. The summed E-state index contributed by atoms with van der Waals surface area (Å²) < 4.78 is 1.62. The molecule has 0 radical (unpaired) electrons. The lowest BCUT2D eigenvalue weighted by Gasteiger charge is -1.91. The molecule has 1 aromatic heterocycles. The van der Waals surface area contributed by atoms with E-state index in [9.17, 15) is 0 Å².